The molecule has 1 atom stereocenters. The summed E-state index contributed by atoms with van der Waals surface area (Å²) < 4.78 is 30.7. The fraction of sp³-hybridized carbons (Fsp3) is 0.900. The Morgan fingerprint density at radius 1 is 1.56 bits per heavy atom. The van der Waals surface area contributed by atoms with Gasteiger partial charge >= 0.3 is 0 Å². The van der Waals surface area contributed by atoms with Gasteiger partial charge in [-0.15, -0.1) is 0 Å². The van der Waals surface area contributed by atoms with Crippen molar-refractivity contribution in [2.45, 2.75) is 37.7 Å². The number of carbonyl (C=O) groups excluding carboxylic acids is 1. The Kier molecular flexibility index (Phi) is 5.08. The summed E-state index contributed by atoms with van der Waals surface area (Å²) in [6.45, 7) is -0.704. The van der Waals surface area contributed by atoms with Crippen molar-refractivity contribution in [3.05, 3.63) is 0 Å². The predicted molar refractivity (Wildman–Crippen MR) is 55.2 cm³/mol. The Bertz CT molecular complexity index is 231. The van der Waals surface area contributed by atoms with Crippen LogP contribution < -0.4 is 11.1 Å². The average Bonchev–Trinajstić information content (AvgIpc) is 2.76. The molecule has 0 spiro atoms. The second-order valence-corrected chi connectivity index (χ2v) is 4.01. The van der Waals surface area contributed by atoms with Gasteiger partial charge in [-0.05, 0) is 19.3 Å². The highest BCUT2D eigenvalue weighted by Crippen LogP contribution is 2.16. The quantitative estimate of drug-likeness (QED) is 0.712. The number of ether oxygens (including phenoxy) is 1. The van der Waals surface area contributed by atoms with Crippen LogP contribution in [0.5, 0.6) is 0 Å². The smallest absolute Gasteiger partial charge is 0.277 e. The number of amides is 1. The van der Waals surface area contributed by atoms with Crippen molar-refractivity contribution >= 4 is 5.91 Å². The third-order valence-corrected chi connectivity index (χ3v) is 2.56. The van der Waals surface area contributed by atoms with Gasteiger partial charge < -0.3 is 15.8 Å². The van der Waals surface area contributed by atoms with Gasteiger partial charge in [-0.3, -0.25) is 4.79 Å². The van der Waals surface area contributed by atoms with Gasteiger partial charge in [0.2, 0.25) is 5.91 Å². The molecule has 0 aromatic rings. The second kappa shape index (κ2) is 6.10. The van der Waals surface area contributed by atoms with Gasteiger partial charge in [-0.2, -0.15) is 0 Å². The number of halogens is 2. The number of carbonyl (C=O) groups is 1. The lowest BCUT2D eigenvalue weighted by molar-refractivity contribution is -0.123. The molecule has 0 aromatic carbocycles. The summed E-state index contributed by atoms with van der Waals surface area (Å²) in [5.41, 5.74) is 4.84. The van der Waals surface area contributed by atoms with E-state index >= 15 is 0 Å². The average molecular weight is 236 g/mol. The second-order valence-electron chi connectivity index (χ2n) is 4.01. The molecule has 1 saturated heterocycles. The van der Waals surface area contributed by atoms with Gasteiger partial charge in [-0.25, -0.2) is 8.78 Å². The van der Waals surface area contributed by atoms with E-state index in [0.29, 0.717) is 6.42 Å². The van der Waals surface area contributed by atoms with Crippen molar-refractivity contribution < 1.29 is 18.3 Å². The van der Waals surface area contributed by atoms with Crippen LogP contribution in [0, 0.1) is 0 Å². The third kappa shape index (κ3) is 4.85. The van der Waals surface area contributed by atoms with Crippen molar-refractivity contribution in [1.29, 1.82) is 0 Å². The zero-order chi connectivity index (χ0) is 12.0. The maximum absolute atomic E-state index is 12.7. The van der Waals surface area contributed by atoms with Crippen molar-refractivity contribution in [2.75, 3.05) is 19.7 Å². The van der Waals surface area contributed by atoms with Crippen LogP contribution in [0.15, 0.2) is 0 Å². The van der Waals surface area contributed by atoms with Gasteiger partial charge in [0.25, 0.3) is 5.92 Å². The first kappa shape index (κ1) is 13.3. The SMILES string of the molecule is NCC(F)(F)CNC(=O)CCC1CCCO1. The summed E-state index contributed by atoms with van der Waals surface area (Å²) in [4.78, 5) is 11.2. The molecule has 1 aliphatic heterocycles. The Morgan fingerprint density at radius 2 is 2.31 bits per heavy atom. The Labute approximate surface area is 93.5 Å². The van der Waals surface area contributed by atoms with Crippen LogP contribution >= 0.6 is 0 Å². The first-order chi connectivity index (χ1) is 7.53. The van der Waals surface area contributed by atoms with Crippen molar-refractivity contribution in [2.24, 2.45) is 5.73 Å². The Hall–Kier alpha value is -0.750. The van der Waals surface area contributed by atoms with Crippen molar-refractivity contribution in [3.63, 3.8) is 0 Å². The Morgan fingerprint density at radius 3 is 2.88 bits per heavy atom. The van der Waals surface area contributed by atoms with Crippen LogP contribution in [-0.2, 0) is 9.53 Å². The summed E-state index contributed by atoms with van der Waals surface area (Å²) in [6, 6.07) is 0. The number of rotatable bonds is 6. The van der Waals surface area contributed by atoms with Crippen molar-refractivity contribution in [3.8, 4) is 0 Å². The lowest BCUT2D eigenvalue weighted by Gasteiger charge is -2.15. The van der Waals surface area contributed by atoms with Gasteiger partial charge in [0, 0.05) is 13.0 Å². The topological polar surface area (TPSA) is 64.3 Å². The summed E-state index contributed by atoms with van der Waals surface area (Å²) >= 11 is 0. The molecule has 3 N–H and O–H groups in total. The zero-order valence-corrected chi connectivity index (χ0v) is 9.18. The van der Waals surface area contributed by atoms with Crippen LogP contribution in [0.4, 0.5) is 8.78 Å². The molecule has 4 nitrogen and oxygen atoms in total. The largest absolute Gasteiger partial charge is 0.378 e. The molecule has 0 radical (unpaired) electrons. The summed E-state index contributed by atoms with van der Waals surface area (Å²) in [5.74, 6) is -3.39. The van der Waals surface area contributed by atoms with E-state index in [1.165, 1.54) is 0 Å². The number of hydrogen-bond donors (Lipinski definition) is 2. The molecule has 0 aromatic heterocycles. The summed E-state index contributed by atoms with van der Waals surface area (Å²) in [7, 11) is 0. The highest BCUT2D eigenvalue weighted by molar-refractivity contribution is 5.75. The number of nitrogens with one attached hydrogen (secondary N) is 1. The van der Waals surface area contributed by atoms with Crippen LogP contribution in [0.25, 0.3) is 0 Å². The van der Waals surface area contributed by atoms with Gasteiger partial charge in [0.15, 0.2) is 0 Å². The molecule has 6 heteroatoms. The van der Waals surface area contributed by atoms with E-state index in [9.17, 15) is 13.6 Å². The predicted octanol–water partition coefficient (Wildman–Crippen LogP) is 0.656. The molecule has 1 aliphatic rings. The van der Waals surface area contributed by atoms with Crippen LogP contribution in [0.3, 0.4) is 0 Å². The van der Waals surface area contributed by atoms with Gasteiger partial charge in [0.1, 0.15) is 0 Å². The first-order valence-corrected chi connectivity index (χ1v) is 5.50. The minimum absolute atomic E-state index is 0.112. The normalized spacial score (nSPS) is 21.1. The highest BCUT2D eigenvalue weighted by atomic mass is 19.3. The molecule has 1 amide bonds. The molecule has 1 fully saturated rings. The molecule has 0 bridgehead atoms. The minimum Gasteiger partial charge on any atom is -0.378 e. The van der Waals surface area contributed by atoms with E-state index in [4.69, 9.17) is 10.5 Å². The maximum atomic E-state index is 12.7. The third-order valence-electron chi connectivity index (χ3n) is 2.56. The lowest BCUT2D eigenvalue weighted by atomic mass is 10.1. The Balaban J connectivity index is 2.10. The molecular formula is C10H18F2N2O2. The molecule has 1 heterocycles. The van der Waals surface area contributed by atoms with E-state index in [1.54, 1.807) is 0 Å². The van der Waals surface area contributed by atoms with Crippen LogP contribution in [0.1, 0.15) is 25.7 Å². The van der Waals surface area contributed by atoms with E-state index in [1.807, 2.05) is 0 Å². The monoisotopic (exact) mass is 236 g/mol. The maximum Gasteiger partial charge on any atom is 0.277 e. The molecule has 94 valence electrons. The van der Waals surface area contributed by atoms with Gasteiger partial charge in [0.05, 0.1) is 19.2 Å². The van der Waals surface area contributed by atoms with Crippen molar-refractivity contribution in [1.82, 2.24) is 5.32 Å². The molecular weight excluding hydrogens is 218 g/mol. The van der Waals surface area contributed by atoms with Crippen LogP contribution in [0.2, 0.25) is 0 Å². The van der Waals surface area contributed by atoms with E-state index in [2.05, 4.69) is 5.32 Å². The molecule has 0 aliphatic carbocycles. The van der Waals surface area contributed by atoms with E-state index in [0.717, 1.165) is 19.4 Å². The lowest BCUT2D eigenvalue weighted by Crippen LogP contribution is -2.41. The fourth-order valence-corrected chi connectivity index (χ4v) is 1.55. The summed E-state index contributed by atoms with van der Waals surface area (Å²) in [5, 5.41) is 2.17. The van der Waals surface area contributed by atoms with Crippen LogP contribution in [-0.4, -0.2) is 37.6 Å². The number of alkyl halides is 2. The molecule has 16 heavy (non-hydrogen) atoms. The number of hydrogen-bond acceptors (Lipinski definition) is 3. The fourth-order valence-electron chi connectivity index (χ4n) is 1.55. The summed E-state index contributed by atoms with van der Waals surface area (Å²) in [6.07, 6.45) is 2.90. The zero-order valence-electron chi connectivity index (χ0n) is 9.18. The molecule has 1 unspecified atom stereocenters. The van der Waals surface area contributed by atoms with E-state index < -0.39 is 19.0 Å². The molecule has 0 saturated carbocycles. The molecule has 1 rings (SSSR count). The highest BCUT2D eigenvalue weighted by Gasteiger charge is 2.27. The standard InChI is InChI=1S/C10H18F2N2O2/c11-10(12,6-13)7-14-9(15)4-3-8-2-1-5-16-8/h8H,1-7,13H2,(H,14,15). The van der Waals surface area contributed by atoms with Gasteiger partial charge in [-0.1, -0.05) is 0 Å². The number of nitrogens with two attached hydrogens (primary N) is 1. The first-order valence-electron chi connectivity index (χ1n) is 5.50. The minimum atomic E-state index is -3.01. The van der Waals surface area contributed by atoms with E-state index in [-0.39, 0.29) is 18.4 Å².